The molecule has 5 atom stereocenters. The van der Waals surface area contributed by atoms with Crippen LogP contribution in [0, 0.1) is 5.92 Å². The standard InChI is InChI=1S/C31H27N3O5/c1-2-14-34-15-11-31-22-8-10-25(38-30(36)21-6-4-13-33-18-21)28(31)39-27-24(9-7-19(26(27)31)16-23(22)34)37-29(35)20-5-3-12-32-17-20/h2-10,12-13,17-18,22-23,25,28H,1,11,14-16H2/t22-,23-,25-,28-,31-/m0/s1. The SMILES string of the molecule is C=CCN1CC[C@]23c4c5ccc(OC(=O)c6cccnc6)c4O[C@H]2[C@@H](OC(=O)c2cccnc2)C=C[C@H]3[C@@H]1C5. The summed E-state index contributed by atoms with van der Waals surface area (Å²) in [7, 11) is 0. The van der Waals surface area contributed by atoms with Gasteiger partial charge in [0.1, 0.15) is 6.10 Å². The first kappa shape index (κ1) is 23.8. The second kappa shape index (κ2) is 9.17. The quantitative estimate of drug-likeness (QED) is 0.274. The molecule has 196 valence electrons. The van der Waals surface area contributed by atoms with Gasteiger partial charge in [0.25, 0.3) is 0 Å². The van der Waals surface area contributed by atoms with Gasteiger partial charge in [0.15, 0.2) is 17.6 Å². The van der Waals surface area contributed by atoms with Gasteiger partial charge in [-0.2, -0.15) is 0 Å². The molecule has 2 aliphatic heterocycles. The van der Waals surface area contributed by atoms with Crippen molar-refractivity contribution in [1.29, 1.82) is 0 Å². The van der Waals surface area contributed by atoms with E-state index in [4.69, 9.17) is 14.2 Å². The van der Waals surface area contributed by atoms with Gasteiger partial charge >= 0.3 is 11.9 Å². The van der Waals surface area contributed by atoms with Crippen molar-refractivity contribution in [2.24, 2.45) is 5.92 Å². The van der Waals surface area contributed by atoms with E-state index in [2.05, 4.69) is 27.5 Å². The van der Waals surface area contributed by atoms with E-state index in [1.54, 1.807) is 36.7 Å². The number of aromatic nitrogens is 2. The Labute approximate surface area is 225 Å². The van der Waals surface area contributed by atoms with E-state index in [1.807, 2.05) is 24.3 Å². The normalized spacial score (nSPS) is 27.7. The minimum absolute atomic E-state index is 0.155. The Morgan fingerprint density at radius 1 is 1.08 bits per heavy atom. The minimum Gasteiger partial charge on any atom is -0.481 e. The van der Waals surface area contributed by atoms with Gasteiger partial charge in [-0.1, -0.05) is 18.2 Å². The van der Waals surface area contributed by atoms with Crippen molar-refractivity contribution < 1.29 is 23.8 Å². The minimum atomic E-state index is -0.610. The van der Waals surface area contributed by atoms with Gasteiger partial charge in [-0.25, -0.2) is 9.59 Å². The molecule has 8 heteroatoms. The van der Waals surface area contributed by atoms with Crippen molar-refractivity contribution in [3.63, 3.8) is 0 Å². The Morgan fingerprint density at radius 2 is 1.85 bits per heavy atom. The van der Waals surface area contributed by atoms with E-state index in [1.165, 1.54) is 18.0 Å². The average molecular weight is 522 g/mol. The highest BCUT2D eigenvalue weighted by Gasteiger charge is 2.65. The van der Waals surface area contributed by atoms with E-state index < -0.39 is 29.6 Å². The Balaban J connectivity index is 1.30. The summed E-state index contributed by atoms with van der Waals surface area (Å²) >= 11 is 0. The zero-order chi connectivity index (χ0) is 26.6. The summed E-state index contributed by atoms with van der Waals surface area (Å²) in [6, 6.07) is 10.9. The van der Waals surface area contributed by atoms with Crippen LogP contribution in [0.1, 0.15) is 38.3 Å². The topological polar surface area (TPSA) is 90.9 Å². The van der Waals surface area contributed by atoms with Crippen molar-refractivity contribution >= 4 is 11.9 Å². The first-order valence-corrected chi connectivity index (χ1v) is 13.2. The van der Waals surface area contributed by atoms with Gasteiger partial charge in [-0.15, -0.1) is 6.58 Å². The van der Waals surface area contributed by atoms with Crippen molar-refractivity contribution in [2.75, 3.05) is 13.1 Å². The molecule has 0 N–H and O–H groups in total. The van der Waals surface area contributed by atoms with Gasteiger partial charge in [0.2, 0.25) is 0 Å². The largest absolute Gasteiger partial charge is 0.481 e. The fraction of sp³-hybridized carbons (Fsp3) is 0.290. The Kier molecular flexibility index (Phi) is 5.59. The molecule has 1 saturated heterocycles. The van der Waals surface area contributed by atoms with Crippen LogP contribution in [0.15, 0.2) is 86.0 Å². The molecule has 0 amide bonds. The maximum absolute atomic E-state index is 13.1. The van der Waals surface area contributed by atoms with Crippen molar-refractivity contribution in [1.82, 2.24) is 14.9 Å². The van der Waals surface area contributed by atoms with Crippen LogP contribution in [0.5, 0.6) is 11.5 Å². The number of hydrogen-bond acceptors (Lipinski definition) is 8. The van der Waals surface area contributed by atoms with Gasteiger partial charge in [0.05, 0.1) is 11.1 Å². The summed E-state index contributed by atoms with van der Waals surface area (Å²) in [5, 5.41) is 0. The number of hydrogen-bond donors (Lipinski definition) is 0. The van der Waals surface area contributed by atoms with E-state index in [-0.39, 0.29) is 12.0 Å². The van der Waals surface area contributed by atoms with Crippen LogP contribution in [0.25, 0.3) is 0 Å². The van der Waals surface area contributed by atoms with Crippen LogP contribution in [0.3, 0.4) is 0 Å². The number of carbonyl (C=O) groups excluding carboxylic acids is 2. The summed E-state index contributed by atoms with van der Waals surface area (Å²) in [4.78, 5) is 36.6. The number of likely N-dealkylation sites (tertiary alicyclic amines) is 1. The van der Waals surface area contributed by atoms with E-state index in [9.17, 15) is 9.59 Å². The Hall–Kier alpha value is -4.30. The Bertz CT molecular complexity index is 1490. The molecule has 39 heavy (non-hydrogen) atoms. The predicted octanol–water partition coefficient (Wildman–Crippen LogP) is 3.92. The average Bonchev–Trinajstić information content (AvgIpc) is 3.32. The van der Waals surface area contributed by atoms with Crippen molar-refractivity contribution in [2.45, 2.75) is 36.5 Å². The smallest absolute Gasteiger partial charge is 0.345 e. The summed E-state index contributed by atoms with van der Waals surface area (Å²) in [6.07, 6.45) is 12.9. The molecule has 0 saturated carbocycles. The number of nitrogens with zero attached hydrogens (tertiary/aromatic N) is 3. The molecule has 1 spiro atoms. The summed E-state index contributed by atoms with van der Waals surface area (Å²) < 4.78 is 18.6. The molecule has 2 bridgehead atoms. The molecule has 7 rings (SSSR count). The maximum Gasteiger partial charge on any atom is 0.345 e. The van der Waals surface area contributed by atoms with E-state index in [0.29, 0.717) is 22.6 Å². The van der Waals surface area contributed by atoms with Crippen molar-refractivity contribution in [3.05, 3.63) is 108 Å². The molecule has 0 radical (unpaired) electrons. The second-order valence-corrected chi connectivity index (χ2v) is 10.5. The molecule has 2 aromatic heterocycles. The molecule has 1 fully saturated rings. The van der Waals surface area contributed by atoms with Crippen LogP contribution >= 0.6 is 0 Å². The summed E-state index contributed by atoms with van der Waals surface area (Å²) in [6.45, 7) is 5.64. The first-order valence-electron chi connectivity index (χ1n) is 13.2. The molecule has 2 aliphatic carbocycles. The maximum atomic E-state index is 13.1. The van der Waals surface area contributed by atoms with E-state index >= 15 is 0 Å². The van der Waals surface area contributed by atoms with Gasteiger partial charge in [-0.05, 0) is 61.4 Å². The fourth-order valence-electron chi connectivity index (χ4n) is 6.99. The highest BCUT2D eigenvalue weighted by atomic mass is 16.6. The zero-order valence-corrected chi connectivity index (χ0v) is 21.2. The third-order valence-corrected chi connectivity index (χ3v) is 8.56. The van der Waals surface area contributed by atoms with Crippen LogP contribution in [-0.4, -0.2) is 58.1 Å². The first-order chi connectivity index (χ1) is 19.1. The van der Waals surface area contributed by atoms with Crippen LogP contribution in [-0.2, 0) is 16.6 Å². The molecular weight excluding hydrogens is 494 g/mol. The summed E-state index contributed by atoms with van der Waals surface area (Å²) in [5.41, 5.74) is 2.59. The number of esters is 2. The lowest BCUT2D eigenvalue weighted by Crippen LogP contribution is -2.65. The summed E-state index contributed by atoms with van der Waals surface area (Å²) in [5.74, 6) is 0.143. The van der Waals surface area contributed by atoms with Crippen LogP contribution in [0.2, 0.25) is 0 Å². The van der Waals surface area contributed by atoms with Gasteiger partial charge in [0, 0.05) is 54.3 Å². The zero-order valence-electron chi connectivity index (χ0n) is 21.2. The lowest BCUT2D eigenvalue weighted by Gasteiger charge is -2.57. The third kappa shape index (κ3) is 3.62. The molecule has 3 aromatic rings. The highest BCUT2D eigenvalue weighted by molar-refractivity contribution is 5.91. The third-order valence-electron chi connectivity index (χ3n) is 8.56. The lowest BCUT2D eigenvalue weighted by atomic mass is 9.53. The van der Waals surface area contributed by atoms with Gasteiger partial charge in [-0.3, -0.25) is 14.9 Å². The molecule has 4 heterocycles. The second-order valence-electron chi connectivity index (χ2n) is 10.5. The molecule has 8 nitrogen and oxygen atoms in total. The monoisotopic (exact) mass is 521 g/mol. The number of ether oxygens (including phenoxy) is 3. The number of benzene rings is 1. The molecule has 1 aromatic carbocycles. The molecular formula is C31H27N3O5. The predicted molar refractivity (Wildman–Crippen MR) is 142 cm³/mol. The van der Waals surface area contributed by atoms with Crippen LogP contribution in [0.4, 0.5) is 0 Å². The number of piperidine rings is 1. The van der Waals surface area contributed by atoms with E-state index in [0.717, 1.165) is 31.5 Å². The van der Waals surface area contributed by atoms with Crippen LogP contribution < -0.4 is 9.47 Å². The fourth-order valence-corrected chi connectivity index (χ4v) is 6.99. The van der Waals surface area contributed by atoms with Crippen molar-refractivity contribution in [3.8, 4) is 11.5 Å². The number of rotatable bonds is 6. The number of carbonyl (C=O) groups is 2. The number of pyridine rings is 2. The Morgan fingerprint density at radius 3 is 2.56 bits per heavy atom. The highest BCUT2D eigenvalue weighted by Crippen LogP contribution is 2.63. The lowest BCUT2D eigenvalue weighted by molar-refractivity contribution is -0.0582. The molecule has 4 aliphatic rings. The van der Waals surface area contributed by atoms with Gasteiger partial charge < -0.3 is 14.2 Å². The molecule has 0 unspecified atom stereocenters.